The molecule has 4 bridgehead atoms. The summed E-state index contributed by atoms with van der Waals surface area (Å²) in [6.07, 6.45) is 8.03. The van der Waals surface area contributed by atoms with Crippen molar-refractivity contribution in [1.82, 2.24) is 4.90 Å². The Balaban J connectivity index is 1.74. The first-order valence-electron chi connectivity index (χ1n) is 8.67. The van der Waals surface area contributed by atoms with Crippen molar-refractivity contribution >= 4 is 5.91 Å². The van der Waals surface area contributed by atoms with Crippen molar-refractivity contribution in [3.05, 3.63) is 0 Å². The number of rotatable bonds is 4. The molecular weight excluding hydrogens is 265 g/mol. The van der Waals surface area contributed by atoms with E-state index in [-0.39, 0.29) is 17.4 Å². The van der Waals surface area contributed by atoms with E-state index < -0.39 is 5.67 Å². The molecule has 120 valence electrons. The maximum atomic E-state index is 15.2. The van der Waals surface area contributed by atoms with Crippen molar-refractivity contribution in [3.8, 4) is 0 Å². The molecule has 0 aromatic heterocycles. The Kier molecular flexibility index (Phi) is 3.61. The lowest BCUT2D eigenvalue weighted by molar-refractivity contribution is -0.150. The molecule has 0 aromatic carbocycles. The highest BCUT2D eigenvalue weighted by Crippen LogP contribution is 2.62. The zero-order chi connectivity index (χ0) is 15.4. The van der Waals surface area contributed by atoms with E-state index in [1.54, 1.807) is 11.9 Å². The van der Waals surface area contributed by atoms with E-state index in [1.807, 2.05) is 13.8 Å². The quantitative estimate of drug-likeness (QED) is 0.761. The van der Waals surface area contributed by atoms with E-state index in [0.717, 1.165) is 37.0 Å². The molecule has 4 aliphatic carbocycles. The first-order chi connectivity index (χ1) is 9.71. The number of carbonyl (C=O) groups excluding carboxylic acids is 1. The SMILES string of the molecule is CC(C)N(C)C(=O)C(C)(F)CC12CC3CC(CC(C3)C1)C2. The molecule has 1 amide bonds. The lowest BCUT2D eigenvalue weighted by Gasteiger charge is -2.58. The summed E-state index contributed by atoms with van der Waals surface area (Å²) >= 11 is 0. The first kappa shape index (κ1) is 15.3. The van der Waals surface area contributed by atoms with Crippen LogP contribution in [0.15, 0.2) is 0 Å². The van der Waals surface area contributed by atoms with Gasteiger partial charge in [0.1, 0.15) is 0 Å². The molecule has 0 N–H and O–H groups in total. The average molecular weight is 295 g/mol. The zero-order valence-electron chi connectivity index (χ0n) is 14.0. The summed E-state index contributed by atoms with van der Waals surface area (Å²) in [6, 6.07) is 0.0592. The van der Waals surface area contributed by atoms with Crippen molar-refractivity contribution in [1.29, 1.82) is 0 Å². The van der Waals surface area contributed by atoms with Gasteiger partial charge in [0.25, 0.3) is 5.91 Å². The van der Waals surface area contributed by atoms with E-state index in [9.17, 15) is 4.79 Å². The molecule has 0 saturated heterocycles. The minimum atomic E-state index is -1.70. The fraction of sp³-hybridized carbons (Fsp3) is 0.944. The van der Waals surface area contributed by atoms with Crippen molar-refractivity contribution in [3.63, 3.8) is 0 Å². The van der Waals surface area contributed by atoms with Crippen LogP contribution in [0.3, 0.4) is 0 Å². The number of hydrogen-bond donors (Lipinski definition) is 0. The zero-order valence-corrected chi connectivity index (χ0v) is 14.0. The van der Waals surface area contributed by atoms with Gasteiger partial charge in [0, 0.05) is 13.1 Å². The van der Waals surface area contributed by atoms with Crippen LogP contribution < -0.4 is 0 Å². The van der Waals surface area contributed by atoms with Crippen LogP contribution in [0.5, 0.6) is 0 Å². The van der Waals surface area contributed by atoms with Crippen LogP contribution in [0.4, 0.5) is 4.39 Å². The Morgan fingerprint density at radius 3 is 2.00 bits per heavy atom. The van der Waals surface area contributed by atoms with Crippen LogP contribution in [0.1, 0.15) is 65.7 Å². The lowest BCUT2D eigenvalue weighted by Crippen LogP contribution is -2.52. The second-order valence-electron chi connectivity index (χ2n) is 8.80. The van der Waals surface area contributed by atoms with Gasteiger partial charge >= 0.3 is 0 Å². The van der Waals surface area contributed by atoms with E-state index in [4.69, 9.17) is 0 Å². The third-order valence-corrected chi connectivity index (χ3v) is 6.41. The smallest absolute Gasteiger partial charge is 0.259 e. The minimum Gasteiger partial charge on any atom is -0.341 e. The van der Waals surface area contributed by atoms with Gasteiger partial charge in [-0.15, -0.1) is 0 Å². The molecule has 4 fully saturated rings. The van der Waals surface area contributed by atoms with Crippen LogP contribution in [-0.4, -0.2) is 29.6 Å². The molecule has 0 aromatic rings. The van der Waals surface area contributed by atoms with Gasteiger partial charge < -0.3 is 4.90 Å². The van der Waals surface area contributed by atoms with Crippen molar-refractivity contribution in [2.24, 2.45) is 23.2 Å². The van der Waals surface area contributed by atoms with E-state index >= 15 is 4.39 Å². The summed E-state index contributed by atoms with van der Waals surface area (Å²) in [5.74, 6) is 2.10. The summed E-state index contributed by atoms with van der Waals surface area (Å²) < 4.78 is 15.2. The van der Waals surface area contributed by atoms with E-state index in [1.165, 1.54) is 26.2 Å². The fourth-order valence-electron chi connectivity index (χ4n) is 5.89. The summed E-state index contributed by atoms with van der Waals surface area (Å²) in [5.41, 5.74) is -1.59. The normalized spacial score (nSPS) is 40.4. The van der Waals surface area contributed by atoms with Gasteiger partial charge in [0.05, 0.1) is 0 Å². The number of amides is 1. The Morgan fingerprint density at radius 2 is 1.62 bits per heavy atom. The molecule has 2 nitrogen and oxygen atoms in total. The monoisotopic (exact) mass is 295 g/mol. The van der Waals surface area contributed by atoms with Gasteiger partial charge in [-0.1, -0.05) is 0 Å². The average Bonchev–Trinajstić information content (AvgIpc) is 2.33. The minimum absolute atomic E-state index is 0.0592. The molecule has 21 heavy (non-hydrogen) atoms. The number of carbonyl (C=O) groups is 1. The third kappa shape index (κ3) is 2.73. The first-order valence-corrected chi connectivity index (χ1v) is 8.67. The third-order valence-electron chi connectivity index (χ3n) is 6.41. The molecule has 1 unspecified atom stereocenters. The molecule has 4 rings (SSSR count). The van der Waals surface area contributed by atoms with Gasteiger partial charge in [-0.3, -0.25) is 4.79 Å². The van der Waals surface area contributed by atoms with Gasteiger partial charge in [0.2, 0.25) is 0 Å². The highest BCUT2D eigenvalue weighted by Gasteiger charge is 2.54. The maximum Gasteiger partial charge on any atom is 0.259 e. The largest absolute Gasteiger partial charge is 0.341 e. The predicted molar refractivity (Wildman–Crippen MR) is 82.6 cm³/mol. The summed E-state index contributed by atoms with van der Waals surface area (Å²) in [7, 11) is 1.73. The number of hydrogen-bond acceptors (Lipinski definition) is 1. The Hall–Kier alpha value is -0.600. The molecule has 0 spiro atoms. The molecule has 3 heteroatoms. The van der Waals surface area contributed by atoms with Gasteiger partial charge in [-0.25, -0.2) is 4.39 Å². The Labute approximate surface area is 128 Å². The molecule has 1 atom stereocenters. The molecular formula is C18H30FNO. The van der Waals surface area contributed by atoms with Gasteiger partial charge in [0.15, 0.2) is 5.67 Å². The van der Waals surface area contributed by atoms with Crippen LogP contribution in [0.2, 0.25) is 0 Å². The number of nitrogens with zero attached hydrogens (tertiary/aromatic N) is 1. The molecule has 0 heterocycles. The predicted octanol–water partition coefficient (Wildman–Crippen LogP) is 4.19. The maximum absolute atomic E-state index is 15.2. The van der Waals surface area contributed by atoms with E-state index in [2.05, 4.69) is 0 Å². The molecule has 4 aliphatic rings. The summed E-state index contributed by atoms with van der Waals surface area (Å²) in [5, 5.41) is 0. The summed E-state index contributed by atoms with van der Waals surface area (Å²) in [4.78, 5) is 14.1. The fourth-order valence-corrected chi connectivity index (χ4v) is 5.89. The highest BCUT2D eigenvalue weighted by molar-refractivity contribution is 5.84. The van der Waals surface area contributed by atoms with E-state index in [0.29, 0.717) is 6.42 Å². The van der Waals surface area contributed by atoms with Crippen LogP contribution >= 0.6 is 0 Å². The second kappa shape index (κ2) is 4.96. The Morgan fingerprint density at radius 1 is 1.19 bits per heavy atom. The molecule has 0 radical (unpaired) electrons. The molecule has 0 aliphatic heterocycles. The Bertz CT molecular complexity index is 394. The molecule has 4 saturated carbocycles. The van der Waals surface area contributed by atoms with Crippen LogP contribution in [-0.2, 0) is 4.79 Å². The lowest BCUT2D eigenvalue weighted by atomic mass is 9.48. The highest BCUT2D eigenvalue weighted by atomic mass is 19.1. The summed E-state index contributed by atoms with van der Waals surface area (Å²) in [6.45, 7) is 5.41. The second-order valence-corrected chi connectivity index (χ2v) is 8.80. The van der Waals surface area contributed by atoms with Gasteiger partial charge in [-0.05, 0) is 88.9 Å². The topological polar surface area (TPSA) is 20.3 Å². The van der Waals surface area contributed by atoms with Crippen molar-refractivity contribution in [2.75, 3.05) is 7.05 Å². The standard InChI is InChI=1S/C18H30FNO/c1-12(2)20(4)16(21)17(3,19)11-18-8-13-5-14(9-18)7-15(6-13)10-18/h12-15H,5-11H2,1-4H3. The van der Waals surface area contributed by atoms with Crippen LogP contribution in [0.25, 0.3) is 0 Å². The van der Waals surface area contributed by atoms with Crippen molar-refractivity contribution < 1.29 is 9.18 Å². The number of halogens is 1. The van der Waals surface area contributed by atoms with Crippen molar-refractivity contribution in [2.45, 2.75) is 77.4 Å². The van der Waals surface area contributed by atoms with Crippen LogP contribution in [0, 0.1) is 23.2 Å². The number of alkyl halides is 1. The van der Waals surface area contributed by atoms with Gasteiger partial charge in [-0.2, -0.15) is 0 Å².